The summed E-state index contributed by atoms with van der Waals surface area (Å²) in [5, 5.41) is 11.8. The molecule has 4 heteroatoms. The Hall–Kier alpha value is -0.450. The summed E-state index contributed by atoms with van der Waals surface area (Å²) in [6.45, 7) is 1.73. The summed E-state index contributed by atoms with van der Waals surface area (Å²) in [6.07, 6.45) is 4.11. The van der Waals surface area contributed by atoms with Gasteiger partial charge in [-0.2, -0.15) is 0 Å². The van der Waals surface area contributed by atoms with E-state index in [0.717, 1.165) is 36.7 Å². The van der Waals surface area contributed by atoms with Gasteiger partial charge in [-0.05, 0) is 31.5 Å². The first-order valence-corrected chi connectivity index (χ1v) is 6.79. The molecule has 0 aromatic heterocycles. The largest absolute Gasteiger partial charge is 0.396 e. The van der Waals surface area contributed by atoms with E-state index in [1.165, 1.54) is 6.07 Å². The molecular weight excluding hydrogens is 285 g/mol. The Bertz CT molecular complexity index is 333. The number of aliphatic hydroxyl groups excluding tert-OH is 1. The van der Waals surface area contributed by atoms with E-state index < -0.39 is 0 Å². The monoisotopic (exact) mass is 303 g/mol. The molecule has 0 atom stereocenters. The zero-order valence-electron chi connectivity index (χ0n) is 9.88. The first kappa shape index (κ1) is 14.6. The van der Waals surface area contributed by atoms with E-state index >= 15 is 0 Å². The summed E-state index contributed by atoms with van der Waals surface area (Å²) in [7, 11) is 0. The van der Waals surface area contributed by atoms with Crippen molar-refractivity contribution in [2.24, 2.45) is 0 Å². The molecule has 1 aromatic rings. The molecule has 0 aliphatic rings. The lowest BCUT2D eigenvalue weighted by molar-refractivity contribution is 0.282. The molecule has 1 aromatic carbocycles. The number of unbranched alkanes of at least 4 members (excludes halogenated alkanes) is 3. The van der Waals surface area contributed by atoms with Crippen LogP contribution in [0.15, 0.2) is 22.7 Å². The van der Waals surface area contributed by atoms with Crippen LogP contribution in [-0.4, -0.2) is 18.3 Å². The first-order chi connectivity index (χ1) is 8.24. The van der Waals surface area contributed by atoms with Crippen molar-refractivity contribution in [1.29, 1.82) is 0 Å². The van der Waals surface area contributed by atoms with Crippen molar-refractivity contribution in [3.63, 3.8) is 0 Å². The number of benzene rings is 1. The average Bonchev–Trinajstić information content (AvgIpc) is 2.30. The molecule has 0 spiro atoms. The minimum absolute atomic E-state index is 0.174. The van der Waals surface area contributed by atoms with E-state index in [-0.39, 0.29) is 12.4 Å². The molecular formula is C13H19BrFNO. The molecule has 17 heavy (non-hydrogen) atoms. The molecule has 0 bridgehead atoms. The average molecular weight is 304 g/mol. The third-order valence-electron chi connectivity index (χ3n) is 2.59. The van der Waals surface area contributed by atoms with Crippen LogP contribution in [0.3, 0.4) is 0 Å². The molecule has 0 heterocycles. The maximum atomic E-state index is 13.4. The fourth-order valence-electron chi connectivity index (χ4n) is 1.60. The number of hydrogen-bond donors (Lipinski definition) is 2. The van der Waals surface area contributed by atoms with Crippen molar-refractivity contribution in [2.75, 3.05) is 13.2 Å². The van der Waals surface area contributed by atoms with Crippen LogP contribution in [0.5, 0.6) is 0 Å². The standard InChI is InChI=1S/C13H19BrFNO/c14-12-6-5-11(13(15)9-12)10-16-7-3-1-2-4-8-17/h5-6,9,16-17H,1-4,7-8,10H2. The Morgan fingerprint density at radius 3 is 2.65 bits per heavy atom. The third-order valence-corrected chi connectivity index (χ3v) is 3.09. The second-order valence-corrected chi connectivity index (χ2v) is 4.97. The molecule has 0 aliphatic carbocycles. The molecule has 0 radical (unpaired) electrons. The normalized spacial score (nSPS) is 10.8. The first-order valence-electron chi connectivity index (χ1n) is 5.99. The highest BCUT2D eigenvalue weighted by molar-refractivity contribution is 9.10. The van der Waals surface area contributed by atoms with Crippen molar-refractivity contribution in [3.8, 4) is 0 Å². The molecule has 0 aliphatic heterocycles. The van der Waals surface area contributed by atoms with Crippen molar-refractivity contribution in [3.05, 3.63) is 34.1 Å². The van der Waals surface area contributed by atoms with Crippen molar-refractivity contribution >= 4 is 15.9 Å². The van der Waals surface area contributed by atoms with Crippen molar-refractivity contribution < 1.29 is 9.50 Å². The van der Waals surface area contributed by atoms with Crippen molar-refractivity contribution in [1.82, 2.24) is 5.32 Å². The molecule has 1 rings (SSSR count). The number of rotatable bonds is 8. The van der Waals surface area contributed by atoms with Gasteiger partial charge in [-0.1, -0.05) is 34.8 Å². The van der Waals surface area contributed by atoms with Gasteiger partial charge in [0, 0.05) is 23.2 Å². The Labute approximate surface area is 110 Å². The van der Waals surface area contributed by atoms with Gasteiger partial charge >= 0.3 is 0 Å². The van der Waals surface area contributed by atoms with E-state index in [1.54, 1.807) is 6.07 Å². The lowest BCUT2D eigenvalue weighted by Gasteiger charge is -2.06. The molecule has 0 saturated heterocycles. The Kier molecular flexibility index (Phi) is 7.40. The summed E-state index contributed by atoms with van der Waals surface area (Å²) in [5.41, 5.74) is 0.698. The third kappa shape index (κ3) is 6.15. The minimum Gasteiger partial charge on any atom is -0.396 e. The Balaban J connectivity index is 2.14. The molecule has 0 amide bonds. The van der Waals surface area contributed by atoms with Crippen molar-refractivity contribution in [2.45, 2.75) is 32.2 Å². The lowest BCUT2D eigenvalue weighted by Crippen LogP contribution is -2.15. The van der Waals surface area contributed by atoms with Gasteiger partial charge in [0.1, 0.15) is 5.82 Å². The predicted octanol–water partition coefficient (Wildman–Crippen LogP) is 3.23. The van der Waals surface area contributed by atoms with Crippen LogP contribution in [-0.2, 0) is 6.54 Å². The van der Waals surface area contributed by atoms with Crippen LogP contribution in [0, 0.1) is 5.82 Å². The maximum absolute atomic E-state index is 13.4. The van der Waals surface area contributed by atoms with Gasteiger partial charge in [0.25, 0.3) is 0 Å². The number of nitrogens with one attached hydrogen (secondary N) is 1. The summed E-state index contributed by atoms with van der Waals surface area (Å²) in [5.74, 6) is -0.174. The number of halogens is 2. The van der Waals surface area contributed by atoms with Gasteiger partial charge in [0.05, 0.1) is 0 Å². The van der Waals surface area contributed by atoms with Gasteiger partial charge < -0.3 is 10.4 Å². The lowest BCUT2D eigenvalue weighted by atomic mass is 10.2. The molecule has 2 nitrogen and oxygen atoms in total. The highest BCUT2D eigenvalue weighted by Crippen LogP contribution is 2.14. The zero-order valence-corrected chi connectivity index (χ0v) is 11.5. The van der Waals surface area contributed by atoms with E-state index in [0.29, 0.717) is 12.1 Å². The highest BCUT2D eigenvalue weighted by atomic mass is 79.9. The van der Waals surface area contributed by atoms with Crippen LogP contribution in [0.2, 0.25) is 0 Å². The summed E-state index contributed by atoms with van der Waals surface area (Å²) in [4.78, 5) is 0. The number of aliphatic hydroxyl groups is 1. The zero-order chi connectivity index (χ0) is 12.5. The predicted molar refractivity (Wildman–Crippen MR) is 71.4 cm³/mol. The van der Waals surface area contributed by atoms with Gasteiger partial charge in [0.15, 0.2) is 0 Å². The molecule has 0 fully saturated rings. The van der Waals surface area contributed by atoms with E-state index in [9.17, 15) is 4.39 Å². The van der Waals surface area contributed by atoms with Gasteiger partial charge in [-0.15, -0.1) is 0 Å². The van der Waals surface area contributed by atoms with E-state index in [2.05, 4.69) is 21.2 Å². The Morgan fingerprint density at radius 1 is 1.18 bits per heavy atom. The fraction of sp³-hybridized carbons (Fsp3) is 0.538. The molecule has 0 saturated carbocycles. The van der Waals surface area contributed by atoms with Crippen LogP contribution in [0.1, 0.15) is 31.2 Å². The second-order valence-electron chi connectivity index (χ2n) is 4.05. The summed E-state index contributed by atoms with van der Waals surface area (Å²) in [6, 6.07) is 5.12. The smallest absolute Gasteiger partial charge is 0.128 e. The molecule has 96 valence electrons. The molecule has 2 N–H and O–H groups in total. The quantitative estimate of drug-likeness (QED) is 0.723. The summed E-state index contributed by atoms with van der Waals surface area (Å²) < 4.78 is 14.2. The topological polar surface area (TPSA) is 32.3 Å². The number of hydrogen-bond acceptors (Lipinski definition) is 2. The minimum atomic E-state index is -0.174. The SMILES string of the molecule is OCCCCCCNCc1ccc(Br)cc1F. The summed E-state index contributed by atoms with van der Waals surface area (Å²) >= 11 is 3.23. The highest BCUT2D eigenvalue weighted by Gasteiger charge is 2.01. The molecule has 0 unspecified atom stereocenters. The van der Waals surface area contributed by atoms with E-state index in [4.69, 9.17) is 5.11 Å². The maximum Gasteiger partial charge on any atom is 0.128 e. The van der Waals surface area contributed by atoms with E-state index in [1.807, 2.05) is 6.07 Å². The second kappa shape index (κ2) is 8.61. The van der Waals surface area contributed by atoms with Crippen LogP contribution < -0.4 is 5.32 Å². The van der Waals surface area contributed by atoms with Crippen LogP contribution in [0.25, 0.3) is 0 Å². The van der Waals surface area contributed by atoms with Gasteiger partial charge in [-0.25, -0.2) is 4.39 Å². The fourth-order valence-corrected chi connectivity index (χ4v) is 1.94. The van der Waals surface area contributed by atoms with Crippen LogP contribution >= 0.6 is 15.9 Å². The van der Waals surface area contributed by atoms with Gasteiger partial charge in [-0.3, -0.25) is 0 Å². The van der Waals surface area contributed by atoms with Crippen LogP contribution in [0.4, 0.5) is 4.39 Å². The Morgan fingerprint density at radius 2 is 1.94 bits per heavy atom. The van der Waals surface area contributed by atoms with Gasteiger partial charge in [0.2, 0.25) is 0 Å².